The van der Waals surface area contributed by atoms with E-state index in [1.165, 1.54) is 19.4 Å². The molecule has 0 radical (unpaired) electrons. The molecule has 0 atom stereocenters. The third-order valence-electron chi connectivity index (χ3n) is 8.51. The first-order chi connectivity index (χ1) is 20.5. The molecule has 2 aromatic carbocycles. The van der Waals surface area contributed by atoms with Crippen LogP contribution in [0.3, 0.4) is 0 Å². The first-order valence-electron chi connectivity index (χ1n) is 14.6. The molecule has 6 rings (SSSR count). The number of alkyl halides is 3. The zero-order valence-electron chi connectivity index (χ0n) is 24.5. The van der Waals surface area contributed by atoms with Crippen molar-refractivity contribution < 1.29 is 22.7 Å². The smallest absolute Gasteiger partial charge is 0.421 e. The first kappa shape index (κ1) is 29.0. The number of carbonyl (C=O) groups excluding carboxylic acids is 1. The Morgan fingerprint density at radius 3 is 2.58 bits per heavy atom. The SMILES string of the molecule is COc1cc(N2CCN(CC3CC3)CC2)ccc1Nc1ncc(C(F)(F)F)c(NCc2cccc3c2C(C)(C)C(=O)N3)n1. The van der Waals surface area contributed by atoms with Crippen molar-refractivity contribution in [1.82, 2.24) is 14.9 Å². The number of rotatable bonds is 9. The van der Waals surface area contributed by atoms with Crippen molar-refractivity contribution in [2.24, 2.45) is 5.92 Å². The highest BCUT2D eigenvalue weighted by Crippen LogP contribution is 2.41. The summed E-state index contributed by atoms with van der Waals surface area (Å²) in [5, 5.41) is 8.73. The van der Waals surface area contributed by atoms with Gasteiger partial charge in [-0.3, -0.25) is 9.69 Å². The Labute approximate surface area is 248 Å². The van der Waals surface area contributed by atoms with Crippen LogP contribution < -0.4 is 25.6 Å². The van der Waals surface area contributed by atoms with E-state index in [-0.39, 0.29) is 24.2 Å². The number of anilines is 5. The van der Waals surface area contributed by atoms with Crippen molar-refractivity contribution >= 4 is 34.7 Å². The van der Waals surface area contributed by atoms with Crippen LogP contribution >= 0.6 is 0 Å². The van der Waals surface area contributed by atoms with Crippen molar-refractivity contribution in [3.8, 4) is 5.75 Å². The zero-order valence-corrected chi connectivity index (χ0v) is 24.5. The van der Waals surface area contributed by atoms with Crippen LogP contribution in [-0.4, -0.2) is 60.6 Å². The summed E-state index contributed by atoms with van der Waals surface area (Å²) in [4.78, 5) is 25.5. The predicted molar refractivity (Wildman–Crippen MR) is 160 cm³/mol. The molecular formula is C31H36F3N7O2. The average molecular weight is 596 g/mol. The van der Waals surface area contributed by atoms with E-state index < -0.39 is 17.2 Å². The number of aromatic nitrogens is 2. The number of benzene rings is 2. The number of nitrogens with one attached hydrogen (secondary N) is 3. The van der Waals surface area contributed by atoms with Crippen molar-refractivity contribution in [1.29, 1.82) is 0 Å². The lowest BCUT2D eigenvalue weighted by Crippen LogP contribution is -2.47. The summed E-state index contributed by atoms with van der Waals surface area (Å²) < 4.78 is 47.4. The van der Waals surface area contributed by atoms with E-state index in [4.69, 9.17) is 4.74 Å². The molecule has 0 spiro atoms. The first-order valence-corrected chi connectivity index (χ1v) is 14.6. The lowest BCUT2D eigenvalue weighted by molar-refractivity contribution is -0.137. The van der Waals surface area contributed by atoms with E-state index >= 15 is 0 Å². The Kier molecular flexibility index (Phi) is 7.57. The highest BCUT2D eigenvalue weighted by Gasteiger charge is 2.40. The van der Waals surface area contributed by atoms with Gasteiger partial charge in [0, 0.05) is 62.9 Å². The summed E-state index contributed by atoms with van der Waals surface area (Å²) in [6, 6.07) is 11.1. The monoisotopic (exact) mass is 595 g/mol. The van der Waals surface area contributed by atoms with Gasteiger partial charge < -0.3 is 25.6 Å². The summed E-state index contributed by atoms with van der Waals surface area (Å²) in [6.07, 6.45) is -1.21. The fraction of sp³-hybridized carbons (Fsp3) is 0.452. The maximum Gasteiger partial charge on any atom is 0.421 e. The number of nitrogens with zero attached hydrogens (tertiary/aromatic N) is 4. The molecule has 9 nitrogen and oxygen atoms in total. The molecule has 1 saturated heterocycles. The molecule has 3 N–H and O–H groups in total. The van der Waals surface area contributed by atoms with Gasteiger partial charge in [0.15, 0.2) is 0 Å². The number of carbonyl (C=O) groups is 1. The second-order valence-electron chi connectivity index (χ2n) is 12.0. The number of hydrogen-bond acceptors (Lipinski definition) is 8. The molecule has 1 amide bonds. The van der Waals surface area contributed by atoms with E-state index in [1.807, 2.05) is 18.2 Å². The van der Waals surface area contributed by atoms with Gasteiger partial charge in [-0.05, 0) is 61.9 Å². The fourth-order valence-electron chi connectivity index (χ4n) is 5.90. The second-order valence-corrected chi connectivity index (χ2v) is 12.0. The minimum atomic E-state index is -4.67. The van der Waals surface area contributed by atoms with Gasteiger partial charge in [-0.1, -0.05) is 12.1 Å². The lowest BCUT2D eigenvalue weighted by Gasteiger charge is -2.36. The summed E-state index contributed by atoms with van der Waals surface area (Å²) in [5.41, 5.74) is 1.88. The molecule has 1 aliphatic carbocycles. The van der Waals surface area contributed by atoms with Gasteiger partial charge in [-0.25, -0.2) is 4.98 Å². The average Bonchev–Trinajstić information content (AvgIpc) is 3.76. The third kappa shape index (κ3) is 6.06. The number of halogens is 3. The van der Waals surface area contributed by atoms with E-state index in [0.29, 0.717) is 22.7 Å². The van der Waals surface area contributed by atoms with Crippen LogP contribution in [0, 0.1) is 5.92 Å². The summed E-state index contributed by atoms with van der Waals surface area (Å²) in [7, 11) is 1.55. The van der Waals surface area contributed by atoms with E-state index in [2.05, 4.69) is 35.7 Å². The van der Waals surface area contributed by atoms with Crippen LogP contribution in [0.25, 0.3) is 0 Å². The van der Waals surface area contributed by atoms with Crippen molar-refractivity contribution in [3.63, 3.8) is 0 Å². The Balaban J connectivity index is 1.20. The van der Waals surface area contributed by atoms with E-state index in [0.717, 1.165) is 49.5 Å². The number of piperazine rings is 1. The minimum Gasteiger partial charge on any atom is -0.494 e. The van der Waals surface area contributed by atoms with Crippen molar-refractivity contribution in [2.45, 2.75) is 44.8 Å². The van der Waals surface area contributed by atoms with E-state index in [1.54, 1.807) is 39.2 Å². The molecule has 1 saturated carbocycles. The summed E-state index contributed by atoms with van der Waals surface area (Å²) >= 11 is 0. The molecular weight excluding hydrogens is 559 g/mol. The molecule has 228 valence electrons. The molecule has 12 heteroatoms. The van der Waals surface area contributed by atoms with Gasteiger partial charge >= 0.3 is 6.18 Å². The normalized spacial score (nSPS) is 18.3. The van der Waals surface area contributed by atoms with Crippen LogP contribution in [0.4, 0.5) is 42.0 Å². The van der Waals surface area contributed by atoms with E-state index in [9.17, 15) is 18.0 Å². The molecule has 2 aliphatic heterocycles. The van der Waals surface area contributed by atoms with Gasteiger partial charge in [0.25, 0.3) is 0 Å². The Morgan fingerprint density at radius 1 is 1.12 bits per heavy atom. The molecule has 2 fully saturated rings. The minimum absolute atomic E-state index is 0.00861. The van der Waals surface area contributed by atoms with Gasteiger partial charge in [-0.15, -0.1) is 0 Å². The number of methoxy groups -OCH3 is 1. The van der Waals surface area contributed by atoms with Gasteiger partial charge in [0.2, 0.25) is 11.9 Å². The lowest BCUT2D eigenvalue weighted by atomic mass is 9.83. The molecule has 0 bridgehead atoms. The Morgan fingerprint density at radius 2 is 1.88 bits per heavy atom. The number of fused-ring (bicyclic) bond motifs is 1. The van der Waals surface area contributed by atoms with Crippen molar-refractivity contribution in [2.75, 3.05) is 60.7 Å². The molecule has 3 aliphatic rings. The maximum absolute atomic E-state index is 13.9. The standard InChI is InChI=1S/C31H36F3N7O2/c1-30(2)26-20(5-4-6-24(26)37-28(30)42)16-35-27-22(31(32,33)34)17-36-29(39-27)38-23-10-9-21(15-25(23)43-3)41-13-11-40(12-14-41)18-19-7-8-19/h4-6,9-10,15,17,19H,7-8,11-14,16,18H2,1-3H3,(H,37,42)(H2,35,36,38,39). The fourth-order valence-corrected chi connectivity index (χ4v) is 5.90. The number of hydrogen-bond donors (Lipinski definition) is 3. The largest absolute Gasteiger partial charge is 0.494 e. The van der Waals surface area contributed by atoms with Gasteiger partial charge in [0.05, 0.1) is 18.2 Å². The predicted octanol–water partition coefficient (Wildman–Crippen LogP) is 5.62. The molecule has 43 heavy (non-hydrogen) atoms. The molecule has 1 aromatic heterocycles. The summed E-state index contributed by atoms with van der Waals surface area (Å²) in [6.45, 7) is 8.68. The third-order valence-corrected chi connectivity index (χ3v) is 8.51. The van der Waals surface area contributed by atoms with Crippen LogP contribution in [0.15, 0.2) is 42.6 Å². The van der Waals surface area contributed by atoms with Crippen LogP contribution in [0.2, 0.25) is 0 Å². The Hall–Kier alpha value is -4.06. The summed E-state index contributed by atoms with van der Waals surface area (Å²) in [5.74, 6) is 0.878. The molecule has 3 aromatic rings. The van der Waals surface area contributed by atoms with Gasteiger partial charge in [-0.2, -0.15) is 18.2 Å². The van der Waals surface area contributed by atoms with Crippen LogP contribution in [0.1, 0.15) is 43.4 Å². The van der Waals surface area contributed by atoms with Crippen molar-refractivity contribution in [3.05, 3.63) is 59.3 Å². The topological polar surface area (TPSA) is 94.7 Å². The highest BCUT2D eigenvalue weighted by atomic mass is 19.4. The molecule has 3 heterocycles. The molecule has 0 unspecified atom stereocenters. The number of amides is 1. The second kappa shape index (κ2) is 11.2. The highest BCUT2D eigenvalue weighted by molar-refractivity contribution is 6.06. The van der Waals surface area contributed by atoms with Gasteiger partial charge in [0.1, 0.15) is 17.1 Å². The van der Waals surface area contributed by atoms with Crippen LogP contribution in [0.5, 0.6) is 5.75 Å². The quantitative estimate of drug-likeness (QED) is 0.294. The zero-order chi connectivity index (χ0) is 30.4. The number of ether oxygens (including phenoxy) is 1. The Bertz CT molecular complexity index is 1520. The maximum atomic E-state index is 13.9. The van der Waals surface area contributed by atoms with Crippen LogP contribution in [-0.2, 0) is 22.9 Å².